The van der Waals surface area contributed by atoms with Crippen LogP contribution in [0.4, 0.5) is 22.7 Å². The molecule has 0 bridgehead atoms. The van der Waals surface area contributed by atoms with Crippen molar-refractivity contribution in [3.8, 4) is 11.5 Å². The predicted molar refractivity (Wildman–Crippen MR) is 133 cm³/mol. The van der Waals surface area contributed by atoms with Crippen LogP contribution >= 0.6 is 0 Å². The van der Waals surface area contributed by atoms with Gasteiger partial charge >= 0.3 is 29.6 Å². The van der Waals surface area contributed by atoms with Crippen LogP contribution in [0.3, 0.4) is 0 Å². The number of methoxy groups -OCH3 is 1. The third kappa shape index (κ3) is 6.60. The van der Waals surface area contributed by atoms with Gasteiger partial charge in [-0.05, 0) is 47.9 Å². The van der Waals surface area contributed by atoms with Crippen LogP contribution in [0, 0.1) is 0 Å². The number of aromatic hydroxyl groups is 1. The van der Waals surface area contributed by atoms with Gasteiger partial charge in [0.05, 0.1) is 23.4 Å². The first-order valence-corrected chi connectivity index (χ1v) is 13.2. The normalized spacial score (nSPS) is 12.2. The summed E-state index contributed by atoms with van der Waals surface area (Å²) in [5, 5.41) is 27.2. The van der Waals surface area contributed by atoms with Crippen molar-refractivity contribution in [1.82, 2.24) is 0 Å². The Kier molecular flexibility index (Phi) is 8.99. The molecule has 0 aromatic heterocycles. The van der Waals surface area contributed by atoms with E-state index >= 15 is 0 Å². The standard InChI is InChI=1S/C23H18N4O8S2.Na/c1-35-20-13-16(25-24-15-6-9-17(10-7-15)36(29,30)31)8-11-19(20)26-27-22-21(37(32,33)34)12-14-4-2-3-5-18(14)23(22)28;/h2-13,28H,1H3,(H,29,30,31)(H,32,33,34);/q;+1. The minimum Gasteiger partial charge on any atom is -0.505 e. The number of ether oxygens (including phenoxy) is 1. The van der Waals surface area contributed by atoms with Crippen LogP contribution < -0.4 is 34.3 Å². The molecule has 0 aliphatic heterocycles. The third-order valence-corrected chi connectivity index (χ3v) is 6.81. The van der Waals surface area contributed by atoms with Crippen molar-refractivity contribution in [2.24, 2.45) is 20.5 Å². The number of hydrogen-bond acceptors (Lipinski definition) is 10. The molecular formula is C23H18N4NaO8S2+. The van der Waals surface area contributed by atoms with Gasteiger partial charge in [0.1, 0.15) is 22.0 Å². The second-order valence-corrected chi connectivity index (χ2v) is 10.3. The molecule has 4 rings (SSSR count). The summed E-state index contributed by atoms with van der Waals surface area (Å²) in [7, 11) is -7.70. The number of azo groups is 2. The number of fused-ring (bicyclic) bond motifs is 1. The molecule has 0 amide bonds. The fourth-order valence-corrected chi connectivity index (χ4v) is 4.44. The Hall–Kier alpha value is -3.24. The van der Waals surface area contributed by atoms with Gasteiger partial charge in [-0.3, -0.25) is 9.11 Å². The summed E-state index contributed by atoms with van der Waals surface area (Å²) in [6.45, 7) is 0. The van der Waals surface area contributed by atoms with E-state index in [1.165, 1.54) is 55.6 Å². The second-order valence-electron chi connectivity index (χ2n) is 7.49. The van der Waals surface area contributed by atoms with Crippen molar-refractivity contribution < 1.29 is 65.3 Å². The molecule has 190 valence electrons. The van der Waals surface area contributed by atoms with Crippen LogP contribution in [0.2, 0.25) is 0 Å². The molecule has 0 saturated heterocycles. The van der Waals surface area contributed by atoms with Gasteiger partial charge in [-0.2, -0.15) is 27.1 Å². The Morgan fingerprint density at radius 3 is 2.00 bits per heavy atom. The van der Waals surface area contributed by atoms with Crippen molar-refractivity contribution in [2.45, 2.75) is 9.79 Å². The zero-order valence-corrected chi connectivity index (χ0v) is 23.5. The summed E-state index contributed by atoms with van der Waals surface area (Å²) in [6.07, 6.45) is 0. The summed E-state index contributed by atoms with van der Waals surface area (Å²) < 4.78 is 70.1. The van der Waals surface area contributed by atoms with E-state index in [2.05, 4.69) is 20.5 Å². The molecule has 0 fully saturated rings. The quantitative estimate of drug-likeness (QED) is 0.173. The molecule has 3 N–H and O–H groups in total. The van der Waals surface area contributed by atoms with Crippen molar-refractivity contribution in [3.05, 3.63) is 72.8 Å². The zero-order chi connectivity index (χ0) is 26.8. The maximum Gasteiger partial charge on any atom is 1.00 e. The van der Waals surface area contributed by atoms with Crippen LogP contribution in [0.25, 0.3) is 10.8 Å². The Morgan fingerprint density at radius 2 is 1.37 bits per heavy atom. The molecule has 0 spiro atoms. The zero-order valence-electron chi connectivity index (χ0n) is 19.9. The SMILES string of the molecule is COc1cc(N=Nc2ccc(S(=O)(=O)O)cc2)ccc1N=Nc1c(S(=O)(=O)O)cc2ccccc2c1O.[Na+]. The summed E-state index contributed by atoms with van der Waals surface area (Å²) in [5.74, 6) is -0.283. The van der Waals surface area contributed by atoms with Gasteiger partial charge in [0.15, 0.2) is 5.75 Å². The molecule has 0 aliphatic rings. The Balaban J connectivity index is 0.00000400. The number of phenolic OH excluding ortho intramolecular Hbond substituents is 1. The molecular weight excluding hydrogens is 547 g/mol. The molecule has 0 heterocycles. The number of rotatable bonds is 7. The first kappa shape index (κ1) is 29.3. The Bertz CT molecular complexity index is 1780. The third-order valence-electron chi connectivity index (χ3n) is 5.07. The molecule has 38 heavy (non-hydrogen) atoms. The molecule has 0 saturated carbocycles. The summed E-state index contributed by atoms with van der Waals surface area (Å²) >= 11 is 0. The van der Waals surface area contributed by atoms with Gasteiger partial charge in [0.25, 0.3) is 20.2 Å². The van der Waals surface area contributed by atoms with Crippen molar-refractivity contribution in [2.75, 3.05) is 7.11 Å². The van der Waals surface area contributed by atoms with Gasteiger partial charge in [0.2, 0.25) is 0 Å². The van der Waals surface area contributed by atoms with Crippen LogP contribution in [0.5, 0.6) is 11.5 Å². The molecule has 4 aromatic carbocycles. The number of phenols is 1. The minimum atomic E-state index is -4.74. The maximum absolute atomic E-state index is 11.9. The van der Waals surface area contributed by atoms with Crippen molar-refractivity contribution in [1.29, 1.82) is 0 Å². The van der Waals surface area contributed by atoms with Gasteiger partial charge in [0, 0.05) is 11.5 Å². The van der Waals surface area contributed by atoms with E-state index in [4.69, 9.17) is 9.29 Å². The minimum absolute atomic E-state index is 0. The van der Waals surface area contributed by atoms with Crippen LogP contribution in [0.1, 0.15) is 0 Å². The molecule has 12 nitrogen and oxygen atoms in total. The predicted octanol–water partition coefficient (Wildman–Crippen LogP) is 2.88. The molecule has 4 aromatic rings. The van der Waals surface area contributed by atoms with Gasteiger partial charge < -0.3 is 9.84 Å². The van der Waals surface area contributed by atoms with E-state index in [0.29, 0.717) is 22.1 Å². The average molecular weight is 566 g/mol. The van der Waals surface area contributed by atoms with Gasteiger partial charge in [-0.1, -0.05) is 24.3 Å². The van der Waals surface area contributed by atoms with Crippen molar-refractivity contribution in [3.63, 3.8) is 0 Å². The van der Waals surface area contributed by atoms with E-state index < -0.39 is 36.6 Å². The van der Waals surface area contributed by atoms with Gasteiger partial charge in [-0.15, -0.1) is 10.2 Å². The largest absolute Gasteiger partial charge is 1.00 e. The second kappa shape index (κ2) is 11.7. The van der Waals surface area contributed by atoms with E-state index in [0.717, 1.165) is 0 Å². The fraction of sp³-hybridized carbons (Fsp3) is 0.0435. The summed E-state index contributed by atoms with van der Waals surface area (Å²) in [4.78, 5) is -0.894. The average Bonchev–Trinajstić information content (AvgIpc) is 2.86. The van der Waals surface area contributed by atoms with Gasteiger partial charge in [-0.25, -0.2) is 0 Å². The van der Waals surface area contributed by atoms with E-state index in [1.54, 1.807) is 24.3 Å². The van der Waals surface area contributed by atoms with E-state index in [1.807, 2.05) is 0 Å². The summed E-state index contributed by atoms with van der Waals surface area (Å²) in [6, 6.07) is 17.1. The van der Waals surface area contributed by atoms with Crippen LogP contribution in [-0.2, 0) is 20.2 Å². The van der Waals surface area contributed by atoms with E-state index in [-0.39, 0.29) is 45.9 Å². The Labute approximate surface area is 239 Å². The number of nitrogens with zero attached hydrogens (tertiary/aromatic N) is 4. The smallest absolute Gasteiger partial charge is 0.505 e. The van der Waals surface area contributed by atoms with Crippen molar-refractivity contribution >= 4 is 53.8 Å². The van der Waals surface area contributed by atoms with E-state index in [9.17, 15) is 26.5 Å². The fourth-order valence-electron chi connectivity index (χ4n) is 3.30. The molecule has 15 heteroatoms. The molecule has 0 atom stereocenters. The van der Waals surface area contributed by atoms with Crippen LogP contribution in [-0.4, -0.2) is 38.2 Å². The summed E-state index contributed by atoms with van der Waals surface area (Å²) in [5.41, 5.74) is 0.370. The first-order chi connectivity index (χ1) is 17.5. The first-order valence-electron chi connectivity index (χ1n) is 10.3. The molecule has 0 radical (unpaired) electrons. The number of hydrogen-bond donors (Lipinski definition) is 3. The molecule has 0 unspecified atom stereocenters. The maximum atomic E-state index is 11.9. The monoisotopic (exact) mass is 565 g/mol. The molecule has 0 aliphatic carbocycles. The van der Waals surface area contributed by atoms with Crippen LogP contribution in [0.15, 0.2) is 103 Å². The topological polar surface area (TPSA) is 188 Å². The Morgan fingerprint density at radius 1 is 0.737 bits per heavy atom. The number of benzene rings is 4.